The molecule has 0 aliphatic carbocycles. The van der Waals surface area contributed by atoms with Crippen molar-refractivity contribution in [2.45, 2.75) is 44.7 Å². The van der Waals surface area contributed by atoms with Crippen LogP contribution in [0.4, 0.5) is 5.69 Å². The molecule has 2 N–H and O–H groups in total. The van der Waals surface area contributed by atoms with Crippen LogP contribution in [0.2, 0.25) is 0 Å². The molecule has 2 rings (SSSR count). The lowest BCUT2D eigenvalue weighted by Crippen LogP contribution is -2.16. The molecular weight excluding hydrogens is 374 g/mol. The number of carbonyl (C=O) groups is 1. The van der Waals surface area contributed by atoms with Crippen LogP contribution in [0.5, 0.6) is 5.75 Å². The second-order valence-electron chi connectivity index (χ2n) is 7.47. The first-order chi connectivity index (χ1) is 13.2. The van der Waals surface area contributed by atoms with Crippen LogP contribution in [-0.4, -0.2) is 28.9 Å². The fourth-order valence-corrected chi connectivity index (χ4v) is 3.50. The number of phenols is 1. The largest absolute Gasteiger partial charge is 0.506 e. The first-order valence-electron chi connectivity index (χ1n) is 8.81. The lowest BCUT2D eigenvalue weighted by Gasteiger charge is -2.20. The molecule has 0 bridgehead atoms. The fourth-order valence-electron chi connectivity index (χ4n) is 2.63. The van der Waals surface area contributed by atoms with Crippen molar-refractivity contribution in [2.24, 2.45) is 0 Å². The molecule has 1 aromatic carbocycles. The van der Waals surface area contributed by atoms with Crippen LogP contribution >= 0.6 is 11.8 Å². The maximum absolute atomic E-state index is 12.4. The number of hydrogen-bond acceptors (Lipinski definition) is 6. The number of amides is 1. The maximum Gasteiger partial charge on any atom is 0.234 e. The summed E-state index contributed by atoms with van der Waals surface area (Å²) in [6.45, 7) is 8.32. The van der Waals surface area contributed by atoms with Crippen LogP contribution in [0.1, 0.15) is 43.2 Å². The normalized spacial score (nSPS) is 11.1. The fraction of sp³-hybridized carbons (Fsp3) is 0.381. The lowest BCUT2D eigenvalue weighted by atomic mass is 9.87. The van der Waals surface area contributed by atoms with E-state index in [1.807, 2.05) is 19.1 Å². The first-order valence-corrected chi connectivity index (χ1v) is 9.80. The Hall–Kier alpha value is -2.56. The highest BCUT2D eigenvalue weighted by Gasteiger charge is 2.17. The minimum Gasteiger partial charge on any atom is -0.506 e. The van der Waals surface area contributed by atoms with E-state index in [4.69, 9.17) is 4.74 Å². The van der Waals surface area contributed by atoms with Gasteiger partial charge in [-0.25, -0.2) is 4.98 Å². The van der Waals surface area contributed by atoms with Gasteiger partial charge in [-0.1, -0.05) is 38.6 Å². The molecule has 0 atom stereocenters. The van der Waals surface area contributed by atoms with E-state index in [2.05, 4.69) is 37.1 Å². The molecule has 0 aliphatic rings. The lowest BCUT2D eigenvalue weighted by molar-refractivity contribution is -0.113. The van der Waals surface area contributed by atoms with E-state index >= 15 is 0 Å². The summed E-state index contributed by atoms with van der Waals surface area (Å²) in [7, 11) is 1.56. The van der Waals surface area contributed by atoms with Gasteiger partial charge in [-0.05, 0) is 41.7 Å². The molecule has 0 unspecified atom stereocenters. The van der Waals surface area contributed by atoms with Gasteiger partial charge in [0.2, 0.25) is 5.91 Å². The highest BCUT2D eigenvalue weighted by molar-refractivity contribution is 8.00. The number of aromatic nitrogens is 1. The summed E-state index contributed by atoms with van der Waals surface area (Å²) in [5.74, 6) is -0.205. The number of hydrogen-bond donors (Lipinski definition) is 2. The van der Waals surface area contributed by atoms with E-state index in [0.29, 0.717) is 22.9 Å². The number of anilines is 1. The van der Waals surface area contributed by atoms with Crippen molar-refractivity contribution in [3.63, 3.8) is 0 Å². The summed E-state index contributed by atoms with van der Waals surface area (Å²) < 4.78 is 5.14. The summed E-state index contributed by atoms with van der Waals surface area (Å²) in [6, 6.07) is 9.15. The van der Waals surface area contributed by atoms with Crippen LogP contribution < -0.4 is 5.32 Å². The third-order valence-electron chi connectivity index (χ3n) is 4.08. The number of nitrogens with one attached hydrogen (secondary N) is 1. The van der Waals surface area contributed by atoms with Crippen LogP contribution in [0.15, 0.2) is 29.3 Å². The van der Waals surface area contributed by atoms with Crippen molar-refractivity contribution in [3.8, 4) is 11.8 Å². The number of nitriles is 1. The van der Waals surface area contributed by atoms with E-state index in [1.54, 1.807) is 19.2 Å². The molecular formula is C21H25N3O3S. The summed E-state index contributed by atoms with van der Waals surface area (Å²) in [6.07, 6.45) is 0. The number of pyridine rings is 1. The van der Waals surface area contributed by atoms with E-state index in [0.717, 1.165) is 16.8 Å². The number of methoxy groups -OCH3 is 1. The van der Waals surface area contributed by atoms with Crippen molar-refractivity contribution in [1.82, 2.24) is 4.98 Å². The van der Waals surface area contributed by atoms with Crippen molar-refractivity contribution < 1.29 is 14.6 Å². The van der Waals surface area contributed by atoms with Gasteiger partial charge in [0.05, 0.1) is 23.6 Å². The molecule has 0 saturated heterocycles. The highest BCUT2D eigenvalue weighted by Crippen LogP contribution is 2.31. The Morgan fingerprint density at radius 2 is 2.07 bits per heavy atom. The Bertz CT molecular complexity index is 914. The van der Waals surface area contributed by atoms with Gasteiger partial charge < -0.3 is 15.2 Å². The zero-order valence-electron chi connectivity index (χ0n) is 16.8. The number of rotatable bonds is 6. The number of thioether (sulfide) groups is 1. The Balaban J connectivity index is 2.15. The van der Waals surface area contributed by atoms with E-state index in [-0.39, 0.29) is 22.8 Å². The monoisotopic (exact) mass is 399 g/mol. The van der Waals surface area contributed by atoms with Gasteiger partial charge in [0, 0.05) is 12.8 Å². The summed E-state index contributed by atoms with van der Waals surface area (Å²) >= 11 is 1.19. The summed E-state index contributed by atoms with van der Waals surface area (Å²) in [5.41, 5.74) is 3.19. The second kappa shape index (κ2) is 9.09. The number of aryl methyl sites for hydroxylation is 1. The quantitative estimate of drug-likeness (QED) is 0.560. The predicted octanol–water partition coefficient (Wildman–Crippen LogP) is 4.14. The molecule has 148 valence electrons. The zero-order chi connectivity index (χ0) is 20.9. The highest BCUT2D eigenvalue weighted by atomic mass is 32.2. The summed E-state index contributed by atoms with van der Waals surface area (Å²) in [5, 5.41) is 22.8. The third kappa shape index (κ3) is 5.47. The van der Waals surface area contributed by atoms with Gasteiger partial charge in [0.25, 0.3) is 0 Å². The maximum atomic E-state index is 12.4. The van der Waals surface area contributed by atoms with Crippen LogP contribution in [0.3, 0.4) is 0 Å². The average Bonchev–Trinajstić information content (AvgIpc) is 2.61. The Morgan fingerprint density at radius 3 is 2.68 bits per heavy atom. The van der Waals surface area contributed by atoms with Gasteiger partial charge in [-0.3, -0.25) is 4.79 Å². The third-order valence-corrected chi connectivity index (χ3v) is 5.06. The Labute approximate surface area is 169 Å². The van der Waals surface area contributed by atoms with E-state index < -0.39 is 0 Å². The second-order valence-corrected chi connectivity index (χ2v) is 8.43. The molecule has 7 heteroatoms. The van der Waals surface area contributed by atoms with Crippen LogP contribution in [0, 0.1) is 18.3 Å². The van der Waals surface area contributed by atoms with Gasteiger partial charge in [0.15, 0.2) is 0 Å². The molecule has 0 aliphatic heterocycles. The minimum atomic E-state index is -0.285. The van der Waals surface area contributed by atoms with Crippen molar-refractivity contribution in [1.29, 1.82) is 5.26 Å². The molecule has 28 heavy (non-hydrogen) atoms. The number of ether oxygens (including phenoxy) is 1. The van der Waals surface area contributed by atoms with Crippen LogP contribution in [0.25, 0.3) is 0 Å². The topological polar surface area (TPSA) is 95.2 Å². The molecule has 0 saturated carbocycles. The molecule has 0 radical (unpaired) electrons. The Kier molecular flexibility index (Phi) is 7.05. The molecule has 0 fully saturated rings. The molecule has 1 amide bonds. The number of carbonyl (C=O) groups excluding carboxylic acids is 1. The number of nitrogens with zero attached hydrogens (tertiary/aromatic N) is 2. The zero-order valence-corrected chi connectivity index (χ0v) is 17.6. The van der Waals surface area contributed by atoms with E-state index in [1.165, 1.54) is 11.8 Å². The minimum absolute atomic E-state index is 0.0140. The number of phenolic OH excluding ortho intramolecular Hbond substituents is 1. The van der Waals surface area contributed by atoms with Gasteiger partial charge >= 0.3 is 0 Å². The molecule has 6 nitrogen and oxygen atoms in total. The van der Waals surface area contributed by atoms with E-state index in [9.17, 15) is 15.2 Å². The average molecular weight is 400 g/mol. The standard InChI is InChI=1S/C21H25N3O3S/c1-13-8-14(11-27-5)16(10-22)20(23-13)28-12-19(26)24-17-9-15(21(2,3)4)6-7-18(17)25/h6-9,25H,11-12H2,1-5H3,(H,24,26). The number of benzene rings is 1. The molecule has 0 spiro atoms. The molecule has 2 aromatic rings. The molecule has 1 heterocycles. The SMILES string of the molecule is COCc1cc(C)nc(SCC(=O)Nc2cc(C(C)(C)C)ccc2O)c1C#N. The van der Waals surface area contributed by atoms with Gasteiger partial charge in [-0.15, -0.1) is 0 Å². The number of aromatic hydroxyl groups is 1. The predicted molar refractivity (Wildman–Crippen MR) is 111 cm³/mol. The van der Waals surface area contributed by atoms with Crippen molar-refractivity contribution >= 4 is 23.4 Å². The summed E-state index contributed by atoms with van der Waals surface area (Å²) in [4.78, 5) is 16.8. The van der Waals surface area contributed by atoms with Crippen LogP contribution in [-0.2, 0) is 21.6 Å². The Morgan fingerprint density at radius 1 is 1.36 bits per heavy atom. The van der Waals surface area contributed by atoms with Crippen molar-refractivity contribution in [2.75, 3.05) is 18.2 Å². The van der Waals surface area contributed by atoms with Gasteiger partial charge in [-0.2, -0.15) is 5.26 Å². The first kappa shape index (κ1) is 21.7. The smallest absolute Gasteiger partial charge is 0.234 e. The van der Waals surface area contributed by atoms with Gasteiger partial charge in [0.1, 0.15) is 16.8 Å². The molecule has 1 aromatic heterocycles. The van der Waals surface area contributed by atoms with Crippen molar-refractivity contribution in [3.05, 3.63) is 46.6 Å².